The normalized spacial score (nSPS) is 14.6. The summed E-state index contributed by atoms with van der Waals surface area (Å²) in [6.45, 7) is 3.94. The molecule has 1 aromatic heterocycles. The van der Waals surface area contributed by atoms with Crippen LogP contribution in [0.5, 0.6) is 0 Å². The summed E-state index contributed by atoms with van der Waals surface area (Å²) in [5, 5.41) is 2.61. The zero-order chi connectivity index (χ0) is 18.1. The molecule has 2 N–H and O–H groups in total. The lowest BCUT2D eigenvalue weighted by Crippen LogP contribution is -2.20. The first kappa shape index (κ1) is 16.5. The van der Waals surface area contributed by atoms with Gasteiger partial charge >= 0.3 is 0 Å². The van der Waals surface area contributed by atoms with Crippen LogP contribution in [0, 0.1) is 19.3 Å². The third-order valence-electron chi connectivity index (χ3n) is 4.16. The Balaban J connectivity index is 2.07. The Labute approximate surface area is 146 Å². The van der Waals surface area contributed by atoms with Crippen LogP contribution in [0.1, 0.15) is 29.7 Å². The van der Waals surface area contributed by atoms with Crippen LogP contribution in [0.4, 0.5) is 11.4 Å². The molecule has 0 bridgehead atoms. The molecule has 0 saturated heterocycles. The number of aromatic amines is 1. The first-order chi connectivity index (χ1) is 11.9. The van der Waals surface area contributed by atoms with Crippen molar-refractivity contribution in [3.63, 3.8) is 0 Å². The van der Waals surface area contributed by atoms with Gasteiger partial charge in [0, 0.05) is 30.4 Å². The SMILES string of the molecule is C#CC(=O)Nc1ccc2c(c1)/C(=C/c1nc(CC)[nH]c1C)C(=O)N2C. The van der Waals surface area contributed by atoms with Gasteiger partial charge in [0.2, 0.25) is 0 Å². The van der Waals surface area contributed by atoms with Crippen molar-refractivity contribution in [1.82, 2.24) is 9.97 Å². The molecule has 0 spiro atoms. The molecule has 0 atom stereocenters. The number of carbonyl (C=O) groups excluding carboxylic acids is 2. The molecule has 0 unspecified atom stereocenters. The van der Waals surface area contributed by atoms with Crippen molar-refractivity contribution in [3.8, 4) is 12.3 Å². The van der Waals surface area contributed by atoms with Gasteiger partial charge in [-0.05, 0) is 37.1 Å². The first-order valence-corrected chi connectivity index (χ1v) is 7.91. The van der Waals surface area contributed by atoms with Gasteiger partial charge in [-0.15, -0.1) is 6.42 Å². The fraction of sp³-hybridized carbons (Fsp3) is 0.211. The number of nitrogens with zero attached hydrogens (tertiary/aromatic N) is 2. The summed E-state index contributed by atoms with van der Waals surface area (Å²) in [5.41, 5.74) is 4.24. The van der Waals surface area contributed by atoms with E-state index < -0.39 is 5.91 Å². The van der Waals surface area contributed by atoms with Gasteiger partial charge in [0.25, 0.3) is 11.8 Å². The van der Waals surface area contributed by atoms with E-state index in [9.17, 15) is 9.59 Å². The Morgan fingerprint density at radius 1 is 1.48 bits per heavy atom. The minimum absolute atomic E-state index is 0.115. The van der Waals surface area contributed by atoms with E-state index in [2.05, 4.69) is 15.3 Å². The van der Waals surface area contributed by atoms with Gasteiger partial charge < -0.3 is 15.2 Å². The number of amides is 2. The average Bonchev–Trinajstić information content (AvgIpc) is 3.08. The van der Waals surface area contributed by atoms with Crippen molar-refractivity contribution in [2.24, 2.45) is 0 Å². The minimum atomic E-state index is -0.529. The summed E-state index contributed by atoms with van der Waals surface area (Å²) >= 11 is 0. The number of carbonyl (C=O) groups is 2. The number of H-pyrrole nitrogens is 1. The van der Waals surface area contributed by atoms with Gasteiger partial charge in [-0.1, -0.05) is 6.92 Å². The standard InChI is InChI=1S/C19H18N4O2/c1-5-17-20-11(3)15(22-17)10-14-13-9-12(21-18(24)6-2)7-8-16(13)23(4)19(14)25/h2,7-10H,5H2,1,3-4H3,(H,20,22)(H,21,24)/b14-10-. The smallest absolute Gasteiger partial charge is 0.300 e. The van der Waals surface area contributed by atoms with E-state index in [4.69, 9.17) is 6.42 Å². The van der Waals surface area contributed by atoms with E-state index in [1.165, 1.54) is 0 Å². The zero-order valence-electron chi connectivity index (χ0n) is 14.3. The molecule has 1 aromatic carbocycles. The van der Waals surface area contributed by atoms with Crippen molar-refractivity contribution in [3.05, 3.63) is 41.0 Å². The van der Waals surface area contributed by atoms with Gasteiger partial charge in [-0.3, -0.25) is 9.59 Å². The summed E-state index contributed by atoms with van der Waals surface area (Å²) in [4.78, 5) is 33.3. The monoisotopic (exact) mass is 334 g/mol. The maximum absolute atomic E-state index is 12.6. The molecule has 2 aromatic rings. The van der Waals surface area contributed by atoms with E-state index in [1.54, 1.807) is 36.2 Å². The van der Waals surface area contributed by atoms with Crippen LogP contribution in [-0.4, -0.2) is 28.8 Å². The number of aromatic nitrogens is 2. The molecule has 0 fully saturated rings. The summed E-state index contributed by atoms with van der Waals surface area (Å²) < 4.78 is 0. The molecule has 2 heterocycles. The number of anilines is 2. The van der Waals surface area contributed by atoms with Crippen molar-refractivity contribution in [1.29, 1.82) is 0 Å². The minimum Gasteiger partial charge on any atom is -0.346 e. The molecule has 3 rings (SSSR count). The molecule has 0 radical (unpaired) electrons. The Morgan fingerprint density at radius 3 is 2.88 bits per heavy atom. The zero-order valence-corrected chi connectivity index (χ0v) is 14.3. The first-order valence-electron chi connectivity index (χ1n) is 7.91. The largest absolute Gasteiger partial charge is 0.346 e. The highest BCUT2D eigenvalue weighted by Gasteiger charge is 2.30. The third kappa shape index (κ3) is 2.92. The van der Waals surface area contributed by atoms with E-state index in [1.807, 2.05) is 19.8 Å². The van der Waals surface area contributed by atoms with Crippen LogP contribution in [0.3, 0.4) is 0 Å². The van der Waals surface area contributed by atoms with Crippen LogP contribution in [0.15, 0.2) is 18.2 Å². The van der Waals surface area contributed by atoms with E-state index >= 15 is 0 Å². The predicted molar refractivity (Wildman–Crippen MR) is 97.9 cm³/mol. The Bertz CT molecular complexity index is 947. The molecule has 6 heteroatoms. The number of terminal acetylenes is 1. The molecule has 1 aliphatic heterocycles. The molecule has 25 heavy (non-hydrogen) atoms. The predicted octanol–water partition coefficient (Wildman–Crippen LogP) is 2.37. The number of aryl methyl sites for hydroxylation is 2. The molecular formula is C19H18N4O2. The Kier molecular flexibility index (Phi) is 4.15. The summed E-state index contributed by atoms with van der Waals surface area (Å²) in [7, 11) is 1.72. The van der Waals surface area contributed by atoms with Crippen molar-refractivity contribution >= 4 is 34.8 Å². The Hall–Kier alpha value is -3.33. The van der Waals surface area contributed by atoms with Crippen molar-refractivity contribution in [2.45, 2.75) is 20.3 Å². The highest BCUT2D eigenvalue weighted by Crippen LogP contribution is 2.38. The lowest BCUT2D eigenvalue weighted by atomic mass is 10.0. The fourth-order valence-corrected chi connectivity index (χ4v) is 2.82. The highest BCUT2D eigenvalue weighted by molar-refractivity contribution is 6.35. The van der Waals surface area contributed by atoms with E-state index in [0.29, 0.717) is 11.3 Å². The summed E-state index contributed by atoms with van der Waals surface area (Å²) in [6, 6.07) is 5.26. The van der Waals surface area contributed by atoms with E-state index in [-0.39, 0.29) is 5.91 Å². The number of fused-ring (bicyclic) bond motifs is 1. The van der Waals surface area contributed by atoms with Gasteiger partial charge in [-0.25, -0.2) is 4.98 Å². The van der Waals surface area contributed by atoms with Gasteiger partial charge in [0.15, 0.2) is 0 Å². The topological polar surface area (TPSA) is 78.1 Å². The van der Waals surface area contributed by atoms with Gasteiger partial charge in [0.1, 0.15) is 5.82 Å². The summed E-state index contributed by atoms with van der Waals surface area (Å²) in [5.74, 6) is 2.24. The maximum atomic E-state index is 12.6. The van der Waals surface area contributed by atoms with Gasteiger partial charge in [0.05, 0.1) is 17.0 Å². The lowest BCUT2D eigenvalue weighted by Gasteiger charge is -2.09. The fourth-order valence-electron chi connectivity index (χ4n) is 2.82. The number of hydrogen-bond acceptors (Lipinski definition) is 3. The second-order valence-corrected chi connectivity index (χ2v) is 5.80. The molecule has 2 amide bonds. The van der Waals surface area contributed by atoms with Crippen LogP contribution < -0.4 is 10.2 Å². The van der Waals surface area contributed by atoms with Crippen LogP contribution in [-0.2, 0) is 16.0 Å². The second kappa shape index (κ2) is 6.29. The molecule has 6 nitrogen and oxygen atoms in total. The summed E-state index contributed by atoms with van der Waals surface area (Å²) in [6.07, 6.45) is 7.66. The third-order valence-corrected chi connectivity index (χ3v) is 4.16. The highest BCUT2D eigenvalue weighted by atomic mass is 16.2. The molecule has 0 saturated carbocycles. The number of imidazole rings is 1. The molecule has 0 aliphatic carbocycles. The Morgan fingerprint density at radius 2 is 2.24 bits per heavy atom. The molecule has 1 aliphatic rings. The van der Waals surface area contributed by atoms with Crippen molar-refractivity contribution in [2.75, 3.05) is 17.3 Å². The average molecular weight is 334 g/mol. The molecular weight excluding hydrogens is 316 g/mol. The quantitative estimate of drug-likeness (QED) is 0.668. The second-order valence-electron chi connectivity index (χ2n) is 5.80. The number of benzene rings is 1. The van der Waals surface area contributed by atoms with Crippen LogP contribution in [0.2, 0.25) is 0 Å². The number of likely N-dealkylation sites (N-methyl/N-ethyl adjacent to an activating group) is 1. The lowest BCUT2D eigenvalue weighted by molar-refractivity contribution is -0.113. The van der Waals surface area contributed by atoms with Gasteiger partial charge in [-0.2, -0.15) is 0 Å². The van der Waals surface area contributed by atoms with Crippen LogP contribution in [0.25, 0.3) is 11.6 Å². The number of nitrogens with one attached hydrogen (secondary N) is 2. The van der Waals surface area contributed by atoms with Crippen LogP contribution >= 0.6 is 0 Å². The van der Waals surface area contributed by atoms with E-state index in [0.717, 1.165) is 34.9 Å². The maximum Gasteiger partial charge on any atom is 0.300 e. The van der Waals surface area contributed by atoms with Crippen molar-refractivity contribution < 1.29 is 9.59 Å². The number of hydrogen-bond donors (Lipinski definition) is 2. The number of rotatable bonds is 3. The molecule has 126 valence electrons.